The summed E-state index contributed by atoms with van der Waals surface area (Å²) < 4.78 is 32.0. The molecule has 1 aromatic heterocycles. The van der Waals surface area contributed by atoms with E-state index in [0.29, 0.717) is 16.9 Å². The van der Waals surface area contributed by atoms with E-state index in [9.17, 15) is 14.7 Å². The van der Waals surface area contributed by atoms with Crippen LogP contribution in [-0.2, 0) is 4.79 Å². The molecule has 0 bridgehead atoms. The van der Waals surface area contributed by atoms with Crippen LogP contribution in [0.4, 0.5) is 8.78 Å². The summed E-state index contributed by atoms with van der Waals surface area (Å²) in [6.45, 7) is 9.72. The third-order valence-electron chi connectivity index (χ3n) is 5.64. The summed E-state index contributed by atoms with van der Waals surface area (Å²) in [5.74, 6) is -2.36. The number of aromatic nitrogens is 2. The molecule has 1 saturated heterocycles. The molecular formula is C24H21F2N3O3. The quantitative estimate of drug-likeness (QED) is 0.636. The highest BCUT2D eigenvalue weighted by molar-refractivity contribution is 5.88. The third kappa shape index (κ3) is 3.37. The largest absolute Gasteiger partial charge is 0.508 e. The number of nitrogens with zero attached hydrogens (tertiary/aromatic N) is 3. The van der Waals surface area contributed by atoms with Gasteiger partial charge in [-0.3, -0.25) is 14.2 Å². The van der Waals surface area contributed by atoms with E-state index < -0.39 is 17.2 Å². The molecule has 3 aromatic rings. The lowest BCUT2D eigenvalue weighted by Gasteiger charge is -2.39. The first-order valence-corrected chi connectivity index (χ1v) is 10.1. The highest BCUT2D eigenvalue weighted by atomic mass is 19.1. The van der Waals surface area contributed by atoms with Gasteiger partial charge in [-0.1, -0.05) is 26.2 Å². The summed E-state index contributed by atoms with van der Waals surface area (Å²) in [7, 11) is 0. The summed E-state index contributed by atoms with van der Waals surface area (Å²) in [6.07, 6.45) is 4.75. The number of fused-ring (bicyclic) bond motifs is 1. The molecule has 0 radical (unpaired) electrons. The van der Waals surface area contributed by atoms with Crippen molar-refractivity contribution >= 4 is 29.5 Å². The van der Waals surface area contributed by atoms with Gasteiger partial charge in [0, 0.05) is 13.1 Å². The van der Waals surface area contributed by atoms with Crippen molar-refractivity contribution in [1.29, 1.82) is 0 Å². The molecule has 1 fully saturated rings. The van der Waals surface area contributed by atoms with Crippen molar-refractivity contribution in [3.63, 3.8) is 0 Å². The molecule has 1 aliphatic rings. The van der Waals surface area contributed by atoms with E-state index in [1.165, 1.54) is 34.0 Å². The number of hydrogen-bond acceptors (Lipinski definition) is 4. The number of phenolic OH excluding ortho intramolecular Hbond substituents is 1. The molecule has 0 aliphatic carbocycles. The predicted molar refractivity (Wildman–Crippen MR) is 118 cm³/mol. The first-order chi connectivity index (χ1) is 15.3. The summed E-state index contributed by atoms with van der Waals surface area (Å²) in [5.41, 5.74) is -1.10. The van der Waals surface area contributed by atoms with Crippen molar-refractivity contribution in [2.75, 3.05) is 13.1 Å². The fraction of sp³-hybridized carbons (Fsp3) is 0.208. The van der Waals surface area contributed by atoms with E-state index in [0.717, 1.165) is 6.07 Å². The van der Waals surface area contributed by atoms with Gasteiger partial charge in [0.2, 0.25) is 5.91 Å². The van der Waals surface area contributed by atoms with E-state index in [1.807, 2.05) is 6.92 Å². The van der Waals surface area contributed by atoms with Gasteiger partial charge in [0.15, 0.2) is 5.82 Å². The molecule has 164 valence electrons. The Morgan fingerprint density at radius 2 is 2.03 bits per heavy atom. The van der Waals surface area contributed by atoms with Crippen LogP contribution in [0.5, 0.6) is 5.75 Å². The number of aromatic hydroxyl groups is 1. The molecular weight excluding hydrogens is 416 g/mol. The first-order valence-electron chi connectivity index (χ1n) is 10.1. The smallest absolute Gasteiger partial charge is 0.261 e. The van der Waals surface area contributed by atoms with Gasteiger partial charge in [-0.15, -0.1) is 0 Å². The molecule has 2 heterocycles. The van der Waals surface area contributed by atoms with Gasteiger partial charge in [0.25, 0.3) is 5.56 Å². The van der Waals surface area contributed by atoms with E-state index in [1.54, 1.807) is 6.08 Å². The molecule has 6 nitrogen and oxygen atoms in total. The number of hydrogen-bond donors (Lipinski definition) is 1. The minimum atomic E-state index is -0.989. The molecule has 1 N–H and O–H groups in total. The lowest BCUT2D eigenvalue weighted by atomic mass is 9.98. The highest BCUT2D eigenvalue weighted by Gasteiger charge is 2.32. The third-order valence-corrected chi connectivity index (χ3v) is 5.64. The zero-order valence-corrected chi connectivity index (χ0v) is 17.4. The van der Waals surface area contributed by atoms with Gasteiger partial charge in [-0.2, -0.15) is 0 Å². The van der Waals surface area contributed by atoms with Crippen LogP contribution in [0.3, 0.4) is 0 Å². The van der Waals surface area contributed by atoms with Crippen molar-refractivity contribution in [2.45, 2.75) is 19.4 Å². The number of carbonyl (C=O) groups excluding carboxylic acids is 1. The van der Waals surface area contributed by atoms with E-state index in [4.69, 9.17) is 0 Å². The summed E-state index contributed by atoms with van der Waals surface area (Å²) in [6, 6.07) is 3.31. The van der Waals surface area contributed by atoms with Crippen molar-refractivity contribution in [1.82, 2.24) is 14.5 Å². The lowest BCUT2D eigenvalue weighted by Crippen LogP contribution is -2.52. The van der Waals surface area contributed by atoms with Crippen LogP contribution in [-0.4, -0.2) is 38.6 Å². The van der Waals surface area contributed by atoms with Crippen LogP contribution < -0.4 is 16.0 Å². The Labute approximate surface area is 182 Å². The Balaban J connectivity index is 1.88. The van der Waals surface area contributed by atoms with Crippen LogP contribution in [0.2, 0.25) is 0 Å². The molecule has 1 aliphatic heterocycles. The zero-order chi connectivity index (χ0) is 23.2. The van der Waals surface area contributed by atoms with E-state index >= 15 is 8.78 Å². The number of rotatable bonds is 4. The van der Waals surface area contributed by atoms with Crippen LogP contribution in [0, 0.1) is 11.6 Å². The van der Waals surface area contributed by atoms with Gasteiger partial charge in [0.05, 0.1) is 23.3 Å². The molecule has 8 heteroatoms. The molecule has 2 aromatic carbocycles. The Morgan fingerprint density at radius 3 is 2.69 bits per heavy atom. The molecule has 0 atom stereocenters. The topological polar surface area (TPSA) is 75.4 Å². The van der Waals surface area contributed by atoms with Crippen molar-refractivity contribution in [3.05, 3.63) is 69.6 Å². The predicted octanol–water partition coefficient (Wildman–Crippen LogP) is 2.22. The molecule has 1 amide bonds. The number of phenols is 1. The maximum atomic E-state index is 15.5. The van der Waals surface area contributed by atoms with Crippen molar-refractivity contribution in [3.8, 4) is 16.9 Å². The van der Waals surface area contributed by atoms with Crippen LogP contribution in [0.15, 0.2) is 42.0 Å². The molecule has 0 unspecified atom stereocenters. The van der Waals surface area contributed by atoms with Crippen LogP contribution in [0.1, 0.15) is 19.4 Å². The Morgan fingerprint density at radius 1 is 1.31 bits per heavy atom. The number of halogens is 2. The average Bonchev–Trinajstić information content (AvgIpc) is 2.71. The fourth-order valence-corrected chi connectivity index (χ4v) is 4.01. The van der Waals surface area contributed by atoms with E-state index in [2.05, 4.69) is 18.1 Å². The fourth-order valence-electron chi connectivity index (χ4n) is 4.01. The molecule has 0 saturated carbocycles. The van der Waals surface area contributed by atoms with Gasteiger partial charge in [0.1, 0.15) is 17.1 Å². The molecule has 32 heavy (non-hydrogen) atoms. The summed E-state index contributed by atoms with van der Waals surface area (Å²) in [4.78, 5) is 30.2. The second-order valence-electron chi connectivity index (χ2n) is 7.68. The van der Waals surface area contributed by atoms with Crippen LogP contribution in [0.25, 0.3) is 34.7 Å². The summed E-state index contributed by atoms with van der Waals surface area (Å²) >= 11 is 0. The Bertz CT molecular complexity index is 1440. The Kier molecular flexibility index (Phi) is 5.38. The van der Waals surface area contributed by atoms with E-state index in [-0.39, 0.29) is 52.8 Å². The van der Waals surface area contributed by atoms with Gasteiger partial charge in [-0.05, 0) is 46.7 Å². The molecule has 4 rings (SSSR count). The second-order valence-corrected chi connectivity index (χ2v) is 7.68. The first kappa shape index (κ1) is 21.4. The summed E-state index contributed by atoms with van der Waals surface area (Å²) in [5, 5.41) is 10.7. The number of amides is 1. The minimum absolute atomic E-state index is 0.136. The maximum Gasteiger partial charge on any atom is 0.261 e. The average molecular weight is 437 g/mol. The zero-order valence-electron chi connectivity index (χ0n) is 17.4. The SMILES string of the molecule is C=CC(=O)N1CC(n2cnc3c(F)c(-c4cc(O)cc(=C)/c4=C\CC)c(F)cc3c2=O)C1. The number of carbonyl (C=O) groups is 1. The lowest BCUT2D eigenvalue weighted by molar-refractivity contribution is -0.131. The minimum Gasteiger partial charge on any atom is -0.508 e. The van der Waals surface area contributed by atoms with Gasteiger partial charge in [-0.25, -0.2) is 13.8 Å². The van der Waals surface area contributed by atoms with Crippen LogP contribution >= 0.6 is 0 Å². The second kappa shape index (κ2) is 8.03. The van der Waals surface area contributed by atoms with Gasteiger partial charge >= 0.3 is 0 Å². The maximum absolute atomic E-state index is 15.5. The van der Waals surface area contributed by atoms with Crippen molar-refractivity contribution in [2.24, 2.45) is 0 Å². The molecule has 0 spiro atoms. The normalized spacial score (nSPS) is 14.6. The monoisotopic (exact) mass is 437 g/mol. The number of benzene rings is 2. The highest BCUT2D eigenvalue weighted by Crippen LogP contribution is 2.30. The number of likely N-dealkylation sites (tertiary alicyclic amines) is 1. The van der Waals surface area contributed by atoms with Crippen molar-refractivity contribution < 1.29 is 18.7 Å². The standard InChI is InChI=1S/C24H21F2N3O3/c1-4-6-16-13(3)7-15(30)8-17(16)21-19(25)9-18-23(22(21)26)27-12-29(24(18)32)14-10-28(11-14)20(31)5-2/h5-9,12,14,30H,2-4,10-11H2,1H3/b16-6+. The van der Waals surface area contributed by atoms with Gasteiger partial charge < -0.3 is 10.0 Å². The Hall–Kier alpha value is -3.81.